The largest absolute Gasteiger partial charge is 0.394 e. The number of aliphatic hydroxyl groups excluding tert-OH is 1. The molecule has 2 rings (SSSR count). The van der Waals surface area contributed by atoms with Gasteiger partial charge in [0.25, 0.3) is 0 Å². The monoisotopic (exact) mass is 248 g/mol. The summed E-state index contributed by atoms with van der Waals surface area (Å²) in [7, 11) is 0. The number of rotatable bonds is 5. The number of hydrogen-bond donors (Lipinski definition) is 2. The summed E-state index contributed by atoms with van der Waals surface area (Å²) in [6.45, 7) is 3.45. The van der Waals surface area contributed by atoms with Crippen molar-refractivity contribution in [3.63, 3.8) is 0 Å². The molecule has 18 heavy (non-hydrogen) atoms. The Hall–Kier alpha value is -0.930. The molecule has 2 N–H and O–H groups in total. The van der Waals surface area contributed by atoms with E-state index in [-0.39, 0.29) is 12.1 Å². The van der Waals surface area contributed by atoms with Crippen molar-refractivity contribution in [2.45, 2.75) is 44.6 Å². The van der Waals surface area contributed by atoms with Gasteiger partial charge in [-0.15, -0.1) is 0 Å². The molecule has 0 radical (unpaired) electrons. The molecule has 0 amide bonds. The summed E-state index contributed by atoms with van der Waals surface area (Å²) in [5.74, 6) is 0.808. The number of pyridine rings is 1. The topological polar surface area (TPSA) is 45.1 Å². The molecule has 0 aromatic carbocycles. The first-order chi connectivity index (χ1) is 8.74. The molecule has 1 aromatic rings. The average Bonchev–Trinajstić information content (AvgIpc) is 2.43. The van der Waals surface area contributed by atoms with Crippen LogP contribution >= 0.6 is 0 Å². The molecule has 3 nitrogen and oxygen atoms in total. The number of nitrogens with one attached hydrogen (secondary N) is 1. The predicted molar refractivity (Wildman–Crippen MR) is 73.4 cm³/mol. The van der Waals surface area contributed by atoms with Crippen LogP contribution in [0.4, 0.5) is 0 Å². The van der Waals surface area contributed by atoms with E-state index in [1.54, 1.807) is 0 Å². The molecule has 100 valence electrons. The maximum absolute atomic E-state index is 9.65. The van der Waals surface area contributed by atoms with Gasteiger partial charge in [-0.25, -0.2) is 0 Å². The highest BCUT2D eigenvalue weighted by molar-refractivity contribution is 5.04. The summed E-state index contributed by atoms with van der Waals surface area (Å²) in [6, 6.07) is 6.01. The predicted octanol–water partition coefficient (Wildman–Crippen LogP) is 2.15. The van der Waals surface area contributed by atoms with E-state index in [0.29, 0.717) is 0 Å². The summed E-state index contributed by atoms with van der Waals surface area (Å²) in [5, 5.41) is 13.2. The lowest BCUT2D eigenvalue weighted by molar-refractivity contribution is 0.106. The summed E-state index contributed by atoms with van der Waals surface area (Å²) < 4.78 is 0. The van der Waals surface area contributed by atoms with E-state index in [2.05, 4.69) is 23.3 Å². The van der Waals surface area contributed by atoms with Crippen LogP contribution in [0.2, 0.25) is 0 Å². The van der Waals surface area contributed by atoms with Gasteiger partial charge in [0.1, 0.15) is 0 Å². The van der Waals surface area contributed by atoms with Gasteiger partial charge < -0.3 is 10.4 Å². The fraction of sp³-hybridized carbons (Fsp3) is 0.667. The first-order valence-corrected chi connectivity index (χ1v) is 7.00. The minimum absolute atomic E-state index is 0.0404. The minimum Gasteiger partial charge on any atom is -0.394 e. The van der Waals surface area contributed by atoms with Crippen LogP contribution in [0.3, 0.4) is 0 Å². The van der Waals surface area contributed by atoms with Crippen molar-refractivity contribution in [3.8, 4) is 0 Å². The average molecular weight is 248 g/mol. The van der Waals surface area contributed by atoms with Crippen LogP contribution in [-0.2, 0) is 6.42 Å². The van der Waals surface area contributed by atoms with Crippen LogP contribution in [0, 0.1) is 5.92 Å². The normalized spacial score (nSPS) is 28.2. The Kier molecular flexibility index (Phi) is 4.72. The molecule has 0 bridgehead atoms. The van der Waals surface area contributed by atoms with E-state index >= 15 is 0 Å². The second-order valence-corrected chi connectivity index (χ2v) is 5.62. The smallest absolute Gasteiger partial charge is 0.0613 e. The molecule has 0 aliphatic heterocycles. The van der Waals surface area contributed by atoms with Gasteiger partial charge in [0.05, 0.1) is 6.61 Å². The van der Waals surface area contributed by atoms with Crippen LogP contribution in [-0.4, -0.2) is 28.8 Å². The van der Waals surface area contributed by atoms with Gasteiger partial charge in [-0.05, 0) is 43.7 Å². The van der Waals surface area contributed by atoms with Gasteiger partial charge in [-0.3, -0.25) is 4.98 Å². The summed E-state index contributed by atoms with van der Waals surface area (Å²) >= 11 is 0. The lowest BCUT2D eigenvalue weighted by atomic mass is 9.77. The van der Waals surface area contributed by atoms with Crippen molar-refractivity contribution in [3.05, 3.63) is 30.1 Å². The van der Waals surface area contributed by atoms with Crippen LogP contribution in [0.5, 0.6) is 0 Å². The zero-order chi connectivity index (χ0) is 12.8. The maximum Gasteiger partial charge on any atom is 0.0613 e. The number of aromatic nitrogens is 1. The molecule has 0 unspecified atom stereocenters. The highest BCUT2D eigenvalue weighted by Crippen LogP contribution is 2.31. The highest BCUT2D eigenvalue weighted by atomic mass is 16.3. The van der Waals surface area contributed by atoms with Gasteiger partial charge in [0.2, 0.25) is 0 Å². The summed E-state index contributed by atoms with van der Waals surface area (Å²) in [4.78, 5) is 4.32. The van der Waals surface area contributed by atoms with Gasteiger partial charge in [-0.2, -0.15) is 0 Å². The maximum atomic E-state index is 9.65. The molecule has 0 saturated heterocycles. The third kappa shape index (κ3) is 3.53. The van der Waals surface area contributed by atoms with Crippen molar-refractivity contribution < 1.29 is 5.11 Å². The number of hydrogen-bond acceptors (Lipinski definition) is 3. The first-order valence-electron chi connectivity index (χ1n) is 7.00. The van der Waals surface area contributed by atoms with Crippen LogP contribution < -0.4 is 5.32 Å². The SMILES string of the molecule is CC1CCC(CO)(NCCc2ccccn2)CC1. The van der Waals surface area contributed by atoms with Crippen molar-refractivity contribution >= 4 is 0 Å². The Morgan fingerprint density at radius 2 is 2.17 bits per heavy atom. The molecule has 3 heteroatoms. The molecule has 1 aliphatic rings. The lowest BCUT2D eigenvalue weighted by Gasteiger charge is -2.39. The quantitative estimate of drug-likeness (QED) is 0.839. The van der Waals surface area contributed by atoms with Crippen molar-refractivity contribution in [2.24, 2.45) is 5.92 Å². The van der Waals surface area contributed by atoms with Crippen molar-refractivity contribution in [2.75, 3.05) is 13.2 Å². The Balaban J connectivity index is 1.81. The van der Waals surface area contributed by atoms with Gasteiger partial charge in [0.15, 0.2) is 0 Å². The molecule has 0 atom stereocenters. The van der Waals surface area contributed by atoms with Crippen LogP contribution in [0.1, 0.15) is 38.3 Å². The van der Waals surface area contributed by atoms with Crippen LogP contribution in [0.15, 0.2) is 24.4 Å². The van der Waals surface area contributed by atoms with Gasteiger partial charge in [-0.1, -0.05) is 13.0 Å². The van der Waals surface area contributed by atoms with E-state index in [1.165, 1.54) is 12.8 Å². The zero-order valence-electron chi connectivity index (χ0n) is 11.2. The second kappa shape index (κ2) is 6.30. The minimum atomic E-state index is -0.0404. The fourth-order valence-electron chi connectivity index (χ4n) is 2.71. The molecule has 1 fully saturated rings. The second-order valence-electron chi connectivity index (χ2n) is 5.62. The third-order valence-corrected chi connectivity index (χ3v) is 4.14. The van der Waals surface area contributed by atoms with E-state index in [4.69, 9.17) is 0 Å². The molecule has 1 aliphatic carbocycles. The molecular weight excluding hydrogens is 224 g/mol. The molecule has 1 aromatic heterocycles. The Morgan fingerprint density at radius 3 is 2.78 bits per heavy atom. The van der Waals surface area contributed by atoms with Gasteiger partial charge >= 0.3 is 0 Å². The highest BCUT2D eigenvalue weighted by Gasteiger charge is 2.32. The van der Waals surface area contributed by atoms with E-state index in [9.17, 15) is 5.11 Å². The van der Waals surface area contributed by atoms with Gasteiger partial charge in [0, 0.05) is 30.4 Å². The Bertz CT molecular complexity index is 345. The fourth-order valence-corrected chi connectivity index (χ4v) is 2.71. The molecule has 1 saturated carbocycles. The van der Waals surface area contributed by atoms with E-state index < -0.39 is 0 Å². The molecular formula is C15H24N2O. The standard InChI is InChI=1S/C15H24N2O/c1-13-5-8-15(12-18,9-6-13)17-11-7-14-4-2-3-10-16-14/h2-4,10,13,17-18H,5-9,11-12H2,1H3. The van der Waals surface area contributed by atoms with E-state index in [1.807, 2.05) is 18.3 Å². The van der Waals surface area contributed by atoms with Crippen molar-refractivity contribution in [1.29, 1.82) is 0 Å². The zero-order valence-corrected chi connectivity index (χ0v) is 11.2. The molecule has 0 spiro atoms. The Morgan fingerprint density at radius 1 is 1.39 bits per heavy atom. The first kappa shape index (κ1) is 13.5. The third-order valence-electron chi connectivity index (χ3n) is 4.14. The van der Waals surface area contributed by atoms with Crippen molar-refractivity contribution in [1.82, 2.24) is 10.3 Å². The number of nitrogens with zero attached hydrogens (tertiary/aromatic N) is 1. The van der Waals surface area contributed by atoms with Crippen LogP contribution in [0.25, 0.3) is 0 Å². The summed E-state index contributed by atoms with van der Waals surface area (Å²) in [6.07, 6.45) is 7.38. The summed E-state index contributed by atoms with van der Waals surface area (Å²) in [5.41, 5.74) is 1.07. The Labute approximate surface area is 110 Å². The lowest BCUT2D eigenvalue weighted by Crippen LogP contribution is -2.51. The van der Waals surface area contributed by atoms with E-state index in [0.717, 1.165) is 37.4 Å². The molecule has 1 heterocycles. The number of aliphatic hydroxyl groups is 1.